The largest absolute Gasteiger partial charge is 0.309 e. The second-order valence-corrected chi connectivity index (χ2v) is 7.01. The lowest BCUT2D eigenvalue weighted by atomic mass is 10.1. The summed E-state index contributed by atoms with van der Waals surface area (Å²) < 4.78 is 0. The quantitative estimate of drug-likeness (QED) is 0.722. The topological polar surface area (TPSA) is 46.1 Å². The van der Waals surface area contributed by atoms with Crippen molar-refractivity contribution in [3.63, 3.8) is 0 Å². The van der Waals surface area contributed by atoms with Crippen LogP contribution in [0.1, 0.15) is 19.4 Å². The van der Waals surface area contributed by atoms with Crippen LogP contribution >= 0.6 is 11.3 Å². The van der Waals surface area contributed by atoms with Gasteiger partial charge in [-0.2, -0.15) is 0 Å². The monoisotopic (exact) mass is 335 g/mol. The molecule has 0 saturated carbocycles. The van der Waals surface area contributed by atoms with E-state index in [-0.39, 0.29) is 11.9 Å². The predicted molar refractivity (Wildman–Crippen MR) is 97.1 cm³/mol. The van der Waals surface area contributed by atoms with Gasteiger partial charge in [0, 0.05) is 40.6 Å². The van der Waals surface area contributed by atoms with E-state index < -0.39 is 0 Å². The second kappa shape index (κ2) is 5.83. The van der Waals surface area contributed by atoms with E-state index >= 15 is 0 Å². The maximum absolute atomic E-state index is 12.2. The van der Waals surface area contributed by atoms with Gasteiger partial charge < -0.3 is 4.90 Å². The second-order valence-electron chi connectivity index (χ2n) is 6.15. The highest BCUT2D eigenvalue weighted by Crippen LogP contribution is 2.35. The van der Waals surface area contributed by atoms with Crippen LogP contribution in [0.2, 0.25) is 0 Å². The maximum Gasteiger partial charge on any atom is 0.231 e. The number of rotatable bonds is 3. The van der Waals surface area contributed by atoms with Gasteiger partial charge in [-0.25, -0.2) is 4.98 Å². The van der Waals surface area contributed by atoms with Crippen molar-refractivity contribution < 1.29 is 4.79 Å². The summed E-state index contributed by atoms with van der Waals surface area (Å²) in [6, 6.07) is 10.3. The average Bonchev–Trinajstić information content (AvgIpc) is 3.18. The Morgan fingerprint density at radius 2 is 1.92 bits per heavy atom. The molecule has 4 rings (SSSR count). The summed E-state index contributed by atoms with van der Waals surface area (Å²) in [6.07, 6.45) is 4.03. The van der Waals surface area contributed by atoms with Crippen molar-refractivity contribution in [3.05, 3.63) is 53.7 Å². The molecular weight excluding hydrogens is 318 g/mol. The molecule has 0 radical (unpaired) electrons. The number of thiazole rings is 1. The maximum atomic E-state index is 12.2. The van der Waals surface area contributed by atoms with Crippen LogP contribution in [0.25, 0.3) is 21.8 Å². The number of anilines is 1. The first-order chi connectivity index (χ1) is 11.6. The average molecular weight is 335 g/mol. The van der Waals surface area contributed by atoms with Crippen LogP contribution in [-0.4, -0.2) is 21.9 Å². The van der Waals surface area contributed by atoms with Crippen LogP contribution in [0.5, 0.6) is 0 Å². The van der Waals surface area contributed by atoms with Gasteiger partial charge in [-0.1, -0.05) is 6.07 Å². The fourth-order valence-corrected chi connectivity index (χ4v) is 3.94. The van der Waals surface area contributed by atoms with Gasteiger partial charge in [0.25, 0.3) is 0 Å². The third-order valence-corrected chi connectivity index (χ3v) is 5.08. The molecule has 0 saturated heterocycles. The number of hydrogen-bond donors (Lipinski definition) is 0. The summed E-state index contributed by atoms with van der Waals surface area (Å²) in [5.74, 6) is 0.174. The van der Waals surface area contributed by atoms with Gasteiger partial charge in [0.2, 0.25) is 5.91 Å². The Morgan fingerprint density at radius 3 is 2.67 bits per heavy atom. The lowest BCUT2D eigenvalue weighted by Crippen LogP contribution is -2.33. The lowest BCUT2D eigenvalue weighted by Gasteiger charge is -2.21. The van der Waals surface area contributed by atoms with Crippen molar-refractivity contribution in [1.82, 2.24) is 9.97 Å². The van der Waals surface area contributed by atoms with E-state index in [2.05, 4.69) is 22.5 Å². The summed E-state index contributed by atoms with van der Waals surface area (Å²) in [5.41, 5.74) is 5.20. The molecule has 0 N–H and O–H groups in total. The van der Waals surface area contributed by atoms with Crippen molar-refractivity contribution in [1.29, 1.82) is 0 Å². The van der Waals surface area contributed by atoms with E-state index in [1.807, 2.05) is 36.9 Å². The number of amides is 1. The SMILES string of the molecule is CC(C)N1C(=O)Cc2cc(-c3csc(-c4ccncc4)n3)ccc21. The molecule has 0 aliphatic carbocycles. The number of nitrogens with zero attached hydrogens (tertiary/aromatic N) is 3. The van der Waals surface area contributed by atoms with E-state index in [0.717, 1.165) is 33.1 Å². The molecular formula is C19H17N3OS. The zero-order chi connectivity index (χ0) is 16.7. The van der Waals surface area contributed by atoms with E-state index in [1.165, 1.54) is 0 Å². The third-order valence-electron chi connectivity index (χ3n) is 4.19. The Hall–Kier alpha value is -2.53. The number of benzene rings is 1. The molecule has 2 aromatic heterocycles. The minimum Gasteiger partial charge on any atom is -0.309 e. The molecule has 5 heteroatoms. The van der Waals surface area contributed by atoms with Crippen LogP contribution in [0.3, 0.4) is 0 Å². The van der Waals surface area contributed by atoms with Crippen molar-refractivity contribution >= 4 is 22.9 Å². The number of aromatic nitrogens is 2. The van der Waals surface area contributed by atoms with E-state index in [1.54, 1.807) is 23.7 Å². The standard InChI is InChI=1S/C19H17N3OS/c1-12(2)22-17-4-3-14(9-15(17)10-18(22)23)16-11-24-19(21-16)13-5-7-20-8-6-13/h3-9,11-12H,10H2,1-2H3. The fourth-order valence-electron chi connectivity index (χ4n) is 3.10. The van der Waals surface area contributed by atoms with Crippen LogP contribution < -0.4 is 4.90 Å². The molecule has 1 aliphatic heterocycles. The van der Waals surface area contributed by atoms with Crippen molar-refractivity contribution in [2.24, 2.45) is 0 Å². The first kappa shape index (κ1) is 15.0. The first-order valence-electron chi connectivity index (χ1n) is 7.95. The molecule has 0 spiro atoms. The summed E-state index contributed by atoms with van der Waals surface area (Å²) >= 11 is 1.62. The number of pyridine rings is 1. The molecule has 1 aliphatic rings. The molecule has 24 heavy (non-hydrogen) atoms. The Morgan fingerprint density at radius 1 is 1.12 bits per heavy atom. The summed E-state index contributed by atoms with van der Waals surface area (Å²) in [7, 11) is 0. The van der Waals surface area contributed by atoms with Crippen LogP contribution in [0.15, 0.2) is 48.1 Å². The van der Waals surface area contributed by atoms with Gasteiger partial charge in [-0.05, 0) is 43.7 Å². The van der Waals surface area contributed by atoms with E-state index in [4.69, 9.17) is 4.98 Å². The highest BCUT2D eigenvalue weighted by molar-refractivity contribution is 7.13. The normalized spacial score (nSPS) is 13.6. The van der Waals surface area contributed by atoms with Gasteiger partial charge in [-0.15, -0.1) is 11.3 Å². The zero-order valence-corrected chi connectivity index (χ0v) is 14.4. The van der Waals surface area contributed by atoms with Crippen LogP contribution in [0.4, 0.5) is 5.69 Å². The van der Waals surface area contributed by atoms with Gasteiger partial charge in [0.15, 0.2) is 0 Å². The minimum atomic E-state index is 0.174. The molecule has 3 heterocycles. The fraction of sp³-hybridized carbons (Fsp3) is 0.211. The lowest BCUT2D eigenvalue weighted by molar-refractivity contribution is -0.117. The van der Waals surface area contributed by atoms with E-state index in [9.17, 15) is 4.79 Å². The minimum absolute atomic E-state index is 0.174. The molecule has 0 fully saturated rings. The van der Waals surface area contributed by atoms with E-state index in [0.29, 0.717) is 6.42 Å². The molecule has 1 amide bonds. The van der Waals surface area contributed by atoms with Crippen LogP contribution in [-0.2, 0) is 11.2 Å². The molecule has 0 atom stereocenters. The van der Waals surface area contributed by atoms with Gasteiger partial charge >= 0.3 is 0 Å². The Labute approximate surface area is 144 Å². The molecule has 0 unspecified atom stereocenters. The zero-order valence-electron chi connectivity index (χ0n) is 13.6. The molecule has 3 aromatic rings. The predicted octanol–water partition coefficient (Wildman–Crippen LogP) is 4.17. The molecule has 4 nitrogen and oxygen atoms in total. The number of carbonyl (C=O) groups excluding carboxylic acids is 1. The van der Waals surface area contributed by atoms with Crippen molar-refractivity contribution in [3.8, 4) is 21.8 Å². The molecule has 1 aromatic carbocycles. The van der Waals surface area contributed by atoms with Gasteiger partial charge in [0.1, 0.15) is 5.01 Å². The summed E-state index contributed by atoms with van der Waals surface area (Å²) in [5, 5.41) is 3.04. The Bertz CT molecular complexity index is 902. The smallest absolute Gasteiger partial charge is 0.231 e. The highest BCUT2D eigenvalue weighted by Gasteiger charge is 2.29. The van der Waals surface area contributed by atoms with Gasteiger partial charge in [-0.3, -0.25) is 9.78 Å². The number of hydrogen-bond acceptors (Lipinski definition) is 4. The van der Waals surface area contributed by atoms with Crippen molar-refractivity contribution in [2.75, 3.05) is 4.90 Å². The highest BCUT2D eigenvalue weighted by atomic mass is 32.1. The Kier molecular flexibility index (Phi) is 3.65. The Balaban J connectivity index is 1.69. The number of fused-ring (bicyclic) bond motifs is 1. The third kappa shape index (κ3) is 2.51. The first-order valence-corrected chi connectivity index (χ1v) is 8.83. The van der Waals surface area contributed by atoms with Crippen molar-refractivity contribution in [2.45, 2.75) is 26.3 Å². The van der Waals surface area contributed by atoms with Gasteiger partial charge in [0.05, 0.1) is 12.1 Å². The summed E-state index contributed by atoms with van der Waals surface area (Å²) in [6.45, 7) is 4.09. The molecule has 0 bridgehead atoms. The number of carbonyl (C=O) groups is 1. The molecule has 120 valence electrons. The summed E-state index contributed by atoms with van der Waals surface area (Å²) in [4.78, 5) is 22.9. The van der Waals surface area contributed by atoms with Crippen LogP contribution in [0, 0.1) is 0 Å².